The monoisotopic (exact) mass is 499 g/mol. The zero-order chi connectivity index (χ0) is 25.0. The van der Waals surface area contributed by atoms with Gasteiger partial charge in [-0.05, 0) is 31.2 Å². The van der Waals surface area contributed by atoms with Crippen LogP contribution in [0.5, 0.6) is 5.75 Å². The second-order valence-corrected chi connectivity index (χ2v) is 10.8. The van der Waals surface area contributed by atoms with Crippen molar-refractivity contribution in [3.05, 3.63) is 52.1 Å². The number of anilines is 1. The van der Waals surface area contributed by atoms with Gasteiger partial charge in [-0.3, -0.25) is 14.9 Å². The molecular formula is C20H25N3O8S2. The summed E-state index contributed by atoms with van der Waals surface area (Å²) in [5, 5.41) is 13.7. The molecule has 0 radical (unpaired) electrons. The predicted molar refractivity (Wildman–Crippen MR) is 122 cm³/mol. The molecule has 2 rings (SSSR count). The minimum atomic E-state index is -3.84. The molecule has 11 nitrogen and oxygen atoms in total. The van der Waals surface area contributed by atoms with Crippen molar-refractivity contribution < 1.29 is 31.3 Å². The topological polar surface area (TPSA) is 153 Å². The van der Waals surface area contributed by atoms with Gasteiger partial charge in [-0.15, -0.1) is 0 Å². The molecule has 0 aliphatic carbocycles. The summed E-state index contributed by atoms with van der Waals surface area (Å²) >= 11 is 0. The van der Waals surface area contributed by atoms with Crippen LogP contribution < -0.4 is 10.1 Å². The minimum Gasteiger partial charge on any atom is -0.492 e. The molecule has 33 heavy (non-hydrogen) atoms. The second-order valence-electron chi connectivity index (χ2n) is 6.88. The van der Waals surface area contributed by atoms with E-state index in [1.807, 2.05) is 0 Å². The van der Waals surface area contributed by atoms with E-state index in [0.717, 1.165) is 24.5 Å². The summed E-state index contributed by atoms with van der Waals surface area (Å²) in [6.45, 7) is 5.80. The summed E-state index contributed by atoms with van der Waals surface area (Å²) in [6, 6.07) is 6.77. The number of nitrogens with zero attached hydrogens (tertiary/aromatic N) is 2. The summed E-state index contributed by atoms with van der Waals surface area (Å²) in [5.74, 6) is -0.694. The molecule has 0 saturated heterocycles. The van der Waals surface area contributed by atoms with Crippen LogP contribution in [-0.2, 0) is 19.9 Å². The number of nitro groups is 1. The first-order chi connectivity index (χ1) is 15.3. The van der Waals surface area contributed by atoms with Crippen molar-refractivity contribution in [1.82, 2.24) is 4.31 Å². The third-order valence-electron chi connectivity index (χ3n) is 4.63. The van der Waals surface area contributed by atoms with E-state index in [4.69, 9.17) is 4.74 Å². The summed E-state index contributed by atoms with van der Waals surface area (Å²) in [6.07, 6.45) is 0.864. The fraction of sp³-hybridized carbons (Fsp3) is 0.350. The Morgan fingerprint density at radius 1 is 1.03 bits per heavy atom. The molecule has 0 saturated carbocycles. The first kappa shape index (κ1) is 26.2. The molecule has 0 aliphatic rings. The maximum absolute atomic E-state index is 12.9. The van der Waals surface area contributed by atoms with Gasteiger partial charge in [0.1, 0.15) is 5.75 Å². The highest BCUT2D eigenvalue weighted by Crippen LogP contribution is 2.30. The van der Waals surface area contributed by atoms with Gasteiger partial charge in [-0.2, -0.15) is 4.31 Å². The molecule has 1 amide bonds. The molecule has 1 N–H and O–H groups in total. The molecule has 2 aromatic rings. The lowest BCUT2D eigenvalue weighted by atomic mass is 10.2. The Morgan fingerprint density at radius 2 is 1.67 bits per heavy atom. The van der Waals surface area contributed by atoms with Crippen LogP contribution in [0, 0.1) is 10.1 Å². The zero-order valence-corrected chi connectivity index (χ0v) is 20.2. The first-order valence-corrected chi connectivity index (χ1v) is 13.3. The summed E-state index contributed by atoms with van der Waals surface area (Å²) in [5.41, 5.74) is -0.850. The van der Waals surface area contributed by atoms with E-state index in [-0.39, 0.29) is 41.6 Å². The van der Waals surface area contributed by atoms with E-state index in [1.165, 1.54) is 22.5 Å². The summed E-state index contributed by atoms with van der Waals surface area (Å²) in [7, 11) is -7.68. The molecule has 2 aromatic carbocycles. The Morgan fingerprint density at radius 3 is 2.18 bits per heavy atom. The number of amides is 1. The van der Waals surface area contributed by atoms with Gasteiger partial charge in [0, 0.05) is 37.0 Å². The maximum atomic E-state index is 12.9. The molecule has 0 unspecified atom stereocenters. The van der Waals surface area contributed by atoms with E-state index in [0.29, 0.717) is 0 Å². The van der Waals surface area contributed by atoms with Gasteiger partial charge in [0.15, 0.2) is 9.84 Å². The molecule has 0 fully saturated rings. The lowest BCUT2D eigenvalue weighted by Crippen LogP contribution is -2.30. The largest absolute Gasteiger partial charge is 0.492 e. The molecule has 0 bridgehead atoms. The van der Waals surface area contributed by atoms with Crippen molar-refractivity contribution in [1.29, 1.82) is 0 Å². The third kappa shape index (κ3) is 6.06. The van der Waals surface area contributed by atoms with Gasteiger partial charge in [0.2, 0.25) is 10.0 Å². The maximum Gasteiger partial charge on any atom is 0.271 e. The molecule has 13 heteroatoms. The lowest BCUT2D eigenvalue weighted by molar-refractivity contribution is -0.385. The number of hydrogen-bond donors (Lipinski definition) is 1. The van der Waals surface area contributed by atoms with Crippen molar-refractivity contribution in [3.8, 4) is 5.75 Å². The lowest BCUT2D eigenvalue weighted by Gasteiger charge is -2.20. The smallest absolute Gasteiger partial charge is 0.271 e. The number of sulfonamides is 1. The SMILES string of the molecule is CCOc1ccc(S(=O)(=O)N(CC)CC)cc1NC(=O)c1cc([N+](=O)[O-])cc(S(C)(=O)=O)c1. The molecule has 0 spiro atoms. The number of ether oxygens (including phenoxy) is 1. The Bertz CT molecular complexity index is 1270. The van der Waals surface area contributed by atoms with E-state index in [2.05, 4.69) is 5.32 Å². The molecule has 0 atom stereocenters. The van der Waals surface area contributed by atoms with Crippen LogP contribution in [0.15, 0.2) is 46.2 Å². The average Bonchev–Trinajstić information content (AvgIpc) is 2.74. The Balaban J connectivity index is 2.56. The predicted octanol–water partition coefficient (Wildman–Crippen LogP) is 2.68. The van der Waals surface area contributed by atoms with Crippen LogP contribution >= 0.6 is 0 Å². The Labute approximate surface area is 192 Å². The number of carbonyl (C=O) groups excluding carboxylic acids is 1. The Kier molecular flexibility index (Phi) is 8.16. The molecule has 0 aromatic heterocycles. The number of carbonyl (C=O) groups is 1. The van der Waals surface area contributed by atoms with Gasteiger partial charge < -0.3 is 10.1 Å². The molecule has 0 heterocycles. The number of rotatable bonds is 10. The standard InChI is InChI=1S/C20H25N3O8S2/c1-5-22(6-2)33(29,30)16-8-9-19(31-7-3)18(13-16)21-20(24)14-10-15(23(25)26)12-17(11-14)32(4,27)28/h8-13H,5-7H2,1-4H3,(H,21,24). The Hall–Kier alpha value is -3.03. The van der Waals surface area contributed by atoms with Gasteiger partial charge in [0.25, 0.3) is 11.6 Å². The quantitative estimate of drug-likeness (QED) is 0.387. The van der Waals surface area contributed by atoms with Gasteiger partial charge >= 0.3 is 0 Å². The van der Waals surface area contributed by atoms with Crippen molar-refractivity contribution in [2.45, 2.75) is 30.6 Å². The van der Waals surface area contributed by atoms with Crippen molar-refractivity contribution >= 4 is 37.1 Å². The van der Waals surface area contributed by atoms with Crippen LogP contribution in [0.25, 0.3) is 0 Å². The van der Waals surface area contributed by atoms with Crippen LogP contribution in [-0.4, -0.2) is 57.9 Å². The number of nitro benzene ring substituents is 1. The van der Waals surface area contributed by atoms with Crippen molar-refractivity contribution in [2.75, 3.05) is 31.3 Å². The number of non-ortho nitro benzene ring substituents is 1. The van der Waals surface area contributed by atoms with E-state index in [1.54, 1.807) is 20.8 Å². The van der Waals surface area contributed by atoms with Gasteiger partial charge in [-0.1, -0.05) is 13.8 Å². The van der Waals surface area contributed by atoms with Gasteiger partial charge in [0.05, 0.1) is 27.0 Å². The van der Waals surface area contributed by atoms with E-state index in [9.17, 15) is 31.7 Å². The summed E-state index contributed by atoms with van der Waals surface area (Å²) in [4.78, 5) is 22.8. The van der Waals surface area contributed by atoms with Crippen LogP contribution in [0.3, 0.4) is 0 Å². The van der Waals surface area contributed by atoms with Crippen LogP contribution in [0.2, 0.25) is 0 Å². The zero-order valence-electron chi connectivity index (χ0n) is 18.6. The molecular weight excluding hydrogens is 474 g/mol. The van der Waals surface area contributed by atoms with Crippen molar-refractivity contribution in [2.24, 2.45) is 0 Å². The number of sulfone groups is 1. The fourth-order valence-electron chi connectivity index (χ4n) is 2.99. The highest BCUT2D eigenvalue weighted by Gasteiger charge is 2.24. The summed E-state index contributed by atoms with van der Waals surface area (Å²) < 4.78 is 56.3. The second kappa shape index (κ2) is 10.3. The highest BCUT2D eigenvalue weighted by molar-refractivity contribution is 7.90. The third-order valence-corrected chi connectivity index (χ3v) is 7.77. The molecule has 180 valence electrons. The first-order valence-electron chi connectivity index (χ1n) is 9.93. The van der Waals surface area contributed by atoms with Crippen molar-refractivity contribution in [3.63, 3.8) is 0 Å². The van der Waals surface area contributed by atoms with Crippen LogP contribution in [0.4, 0.5) is 11.4 Å². The van der Waals surface area contributed by atoms with Crippen LogP contribution in [0.1, 0.15) is 31.1 Å². The minimum absolute atomic E-state index is 0.0162. The molecule has 0 aliphatic heterocycles. The number of nitrogens with one attached hydrogen (secondary N) is 1. The number of hydrogen-bond acceptors (Lipinski definition) is 8. The van der Waals surface area contributed by atoms with E-state index < -0.39 is 41.3 Å². The van der Waals surface area contributed by atoms with E-state index >= 15 is 0 Å². The highest BCUT2D eigenvalue weighted by atomic mass is 32.2. The number of benzene rings is 2. The average molecular weight is 500 g/mol. The fourth-order valence-corrected chi connectivity index (χ4v) is 5.15. The van der Waals surface area contributed by atoms with Gasteiger partial charge in [-0.25, -0.2) is 16.8 Å². The normalized spacial score (nSPS) is 11.9.